The molecule has 8 heteroatoms. The van der Waals surface area contributed by atoms with Gasteiger partial charge in [-0.1, -0.05) is 48.7 Å². The van der Waals surface area contributed by atoms with E-state index in [0.29, 0.717) is 16.5 Å². The first-order valence-corrected chi connectivity index (χ1v) is 15.3. The van der Waals surface area contributed by atoms with E-state index in [1.54, 1.807) is 6.07 Å². The van der Waals surface area contributed by atoms with Gasteiger partial charge in [0.2, 0.25) is 0 Å². The number of hydrogen-bond acceptors (Lipinski definition) is 6. The van der Waals surface area contributed by atoms with Crippen molar-refractivity contribution in [3.63, 3.8) is 0 Å². The molecule has 0 radical (unpaired) electrons. The summed E-state index contributed by atoms with van der Waals surface area (Å²) in [5.74, 6) is 1.69. The number of halogens is 2. The fourth-order valence-electron chi connectivity index (χ4n) is 5.83. The second kappa shape index (κ2) is 13.9. The van der Waals surface area contributed by atoms with Crippen LogP contribution in [0.15, 0.2) is 54.9 Å². The van der Waals surface area contributed by atoms with Crippen LogP contribution in [0.5, 0.6) is 0 Å². The normalized spacial score (nSPS) is 16.8. The molecule has 0 spiro atoms. The third-order valence-corrected chi connectivity index (χ3v) is 8.32. The van der Waals surface area contributed by atoms with E-state index in [2.05, 4.69) is 40.8 Å². The van der Waals surface area contributed by atoms with E-state index in [1.165, 1.54) is 36.8 Å². The number of benzene rings is 1. The van der Waals surface area contributed by atoms with Gasteiger partial charge in [0.1, 0.15) is 5.82 Å². The number of aromatic nitrogens is 3. The molecule has 212 valence electrons. The molecule has 2 aliphatic rings. The molecule has 0 amide bonds. The van der Waals surface area contributed by atoms with Crippen molar-refractivity contribution in [2.45, 2.75) is 52.0 Å². The van der Waals surface area contributed by atoms with E-state index in [-0.39, 0.29) is 0 Å². The molecule has 0 atom stereocenters. The van der Waals surface area contributed by atoms with Gasteiger partial charge in [0, 0.05) is 60.4 Å². The lowest BCUT2D eigenvalue weighted by molar-refractivity contribution is 0.176. The first-order valence-electron chi connectivity index (χ1n) is 14.6. The minimum atomic E-state index is 0.609. The predicted octanol–water partition coefficient (Wildman–Crippen LogP) is 6.80. The molecule has 2 fully saturated rings. The van der Waals surface area contributed by atoms with Gasteiger partial charge < -0.3 is 10.2 Å². The second-order valence-electron chi connectivity index (χ2n) is 11.2. The Balaban J connectivity index is 1.32. The first-order chi connectivity index (χ1) is 19.4. The third kappa shape index (κ3) is 8.03. The summed E-state index contributed by atoms with van der Waals surface area (Å²) in [6.07, 6.45) is 10.4. The SMILES string of the molecule is C=C(CCC)CC1CCN(Cc2cc(Cc3cnc(N4CCNCC4)cn3)nc(-c3cc(Cl)cc(Cl)c3)c2)CC1. The molecule has 5 rings (SSSR count). The molecule has 0 bridgehead atoms. The second-order valence-corrected chi connectivity index (χ2v) is 12.1. The number of likely N-dealkylation sites (tertiary alicyclic amines) is 1. The van der Waals surface area contributed by atoms with E-state index in [4.69, 9.17) is 38.2 Å². The molecule has 1 aromatic carbocycles. The molecule has 40 heavy (non-hydrogen) atoms. The van der Waals surface area contributed by atoms with Crippen LogP contribution in [0.1, 0.15) is 56.0 Å². The van der Waals surface area contributed by atoms with Crippen molar-refractivity contribution in [3.8, 4) is 11.3 Å². The number of nitrogens with one attached hydrogen (secondary N) is 1. The monoisotopic (exact) mass is 578 g/mol. The van der Waals surface area contributed by atoms with Gasteiger partial charge in [-0.05, 0) is 80.6 Å². The highest BCUT2D eigenvalue weighted by atomic mass is 35.5. The van der Waals surface area contributed by atoms with Crippen LogP contribution in [-0.4, -0.2) is 59.1 Å². The Morgan fingerprint density at radius 3 is 2.38 bits per heavy atom. The third-order valence-electron chi connectivity index (χ3n) is 7.89. The lowest BCUT2D eigenvalue weighted by Crippen LogP contribution is -2.43. The highest BCUT2D eigenvalue weighted by Crippen LogP contribution is 2.29. The smallest absolute Gasteiger partial charge is 0.147 e. The van der Waals surface area contributed by atoms with Crippen molar-refractivity contribution in [1.82, 2.24) is 25.2 Å². The minimum absolute atomic E-state index is 0.609. The number of piperidine rings is 1. The summed E-state index contributed by atoms with van der Waals surface area (Å²) < 4.78 is 0. The van der Waals surface area contributed by atoms with Gasteiger partial charge in [-0.3, -0.25) is 14.9 Å². The van der Waals surface area contributed by atoms with Crippen LogP contribution >= 0.6 is 23.2 Å². The highest BCUT2D eigenvalue weighted by molar-refractivity contribution is 6.35. The van der Waals surface area contributed by atoms with E-state index in [9.17, 15) is 0 Å². The lowest BCUT2D eigenvalue weighted by atomic mass is 9.89. The fraction of sp³-hybridized carbons (Fsp3) is 0.469. The van der Waals surface area contributed by atoms with Gasteiger partial charge in [-0.15, -0.1) is 0 Å². The van der Waals surface area contributed by atoms with Crippen molar-refractivity contribution in [2.75, 3.05) is 44.2 Å². The van der Waals surface area contributed by atoms with Gasteiger partial charge >= 0.3 is 0 Å². The molecule has 0 aliphatic carbocycles. The first kappa shape index (κ1) is 29.0. The molecule has 2 aliphatic heterocycles. The quantitative estimate of drug-likeness (QED) is 0.267. The van der Waals surface area contributed by atoms with Crippen LogP contribution in [0, 0.1) is 5.92 Å². The molecular formula is C32H40Cl2N6. The zero-order valence-corrected chi connectivity index (χ0v) is 25.0. The van der Waals surface area contributed by atoms with E-state index in [1.807, 2.05) is 24.5 Å². The van der Waals surface area contributed by atoms with Crippen LogP contribution in [-0.2, 0) is 13.0 Å². The van der Waals surface area contributed by atoms with E-state index < -0.39 is 0 Å². The van der Waals surface area contributed by atoms with Crippen LogP contribution in [0.4, 0.5) is 5.82 Å². The van der Waals surface area contributed by atoms with Crippen molar-refractivity contribution in [2.24, 2.45) is 5.92 Å². The molecule has 2 aromatic heterocycles. The number of nitrogens with zero attached hydrogens (tertiary/aromatic N) is 5. The molecule has 1 N–H and O–H groups in total. The maximum atomic E-state index is 6.36. The molecule has 3 aromatic rings. The summed E-state index contributed by atoms with van der Waals surface area (Å²) in [6, 6.07) is 10.0. The van der Waals surface area contributed by atoms with Crippen molar-refractivity contribution < 1.29 is 0 Å². The summed E-state index contributed by atoms with van der Waals surface area (Å²) in [7, 11) is 0. The number of pyridine rings is 1. The Morgan fingerprint density at radius 2 is 1.70 bits per heavy atom. The largest absolute Gasteiger partial charge is 0.353 e. The number of piperazine rings is 1. The maximum absolute atomic E-state index is 6.36. The number of hydrogen-bond donors (Lipinski definition) is 1. The predicted molar refractivity (Wildman–Crippen MR) is 166 cm³/mol. The van der Waals surface area contributed by atoms with Crippen LogP contribution < -0.4 is 10.2 Å². The number of anilines is 1. The van der Waals surface area contributed by atoms with E-state index in [0.717, 1.165) is 86.6 Å². The number of rotatable bonds is 10. The van der Waals surface area contributed by atoms with Crippen LogP contribution in [0.25, 0.3) is 11.3 Å². The Morgan fingerprint density at radius 1 is 0.950 bits per heavy atom. The Labute approximate surface area is 248 Å². The van der Waals surface area contributed by atoms with Gasteiger partial charge in [-0.25, -0.2) is 4.98 Å². The van der Waals surface area contributed by atoms with Gasteiger partial charge in [0.25, 0.3) is 0 Å². The summed E-state index contributed by atoms with van der Waals surface area (Å²) >= 11 is 12.7. The summed E-state index contributed by atoms with van der Waals surface area (Å²) in [4.78, 5) is 19.3. The summed E-state index contributed by atoms with van der Waals surface area (Å²) in [5, 5.41) is 4.60. The summed E-state index contributed by atoms with van der Waals surface area (Å²) in [6.45, 7) is 13.5. The summed E-state index contributed by atoms with van der Waals surface area (Å²) in [5.41, 5.74) is 6.34. The molecule has 6 nitrogen and oxygen atoms in total. The van der Waals surface area contributed by atoms with Gasteiger partial charge in [0.05, 0.1) is 23.8 Å². The lowest BCUT2D eigenvalue weighted by Gasteiger charge is -2.32. The molecular weight excluding hydrogens is 539 g/mol. The van der Waals surface area contributed by atoms with Crippen molar-refractivity contribution in [3.05, 3.63) is 81.9 Å². The standard InChI is InChI=1S/C32H40Cl2N6/c1-3-4-23(2)13-24-5-9-39(10-6-24)22-25-14-29(38-31(15-25)26-16-27(33)18-28(34)17-26)19-30-20-37-32(21-36-30)40-11-7-35-8-12-40/h14-18,20-21,24,35H,2-13,19,22H2,1H3. The fourth-order valence-corrected chi connectivity index (χ4v) is 6.36. The zero-order chi connectivity index (χ0) is 27.9. The number of allylic oxidation sites excluding steroid dienone is 1. The molecule has 0 unspecified atom stereocenters. The van der Waals surface area contributed by atoms with Crippen molar-refractivity contribution >= 4 is 29.0 Å². The van der Waals surface area contributed by atoms with E-state index >= 15 is 0 Å². The average Bonchev–Trinajstić information content (AvgIpc) is 2.94. The molecule has 4 heterocycles. The Hall–Kier alpha value is -2.51. The topological polar surface area (TPSA) is 57.2 Å². The molecule has 0 saturated carbocycles. The maximum Gasteiger partial charge on any atom is 0.147 e. The zero-order valence-electron chi connectivity index (χ0n) is 23.5. The Bertz CT molecular complexity index is 1260. The highest BCUT2D eigenvalue weighted by Gasteiger charge is 2.21. The molecule has 2 saturated heterocycles. The van der Waals surface area contributed by atoms with Gasteiger partial charge in [-0.2, -0.15) is 0 Å². The minimum Gasteiger partial charge on any atom is -0.353 e. The van der Waals surface area contributed by atoms with Crippen molar-refractivity contribution in [1.29, 1.82) is 0 Å². The average molecular weight is 580 g/mol. The van der Waals surface area contributed by atoms with Crippen LogP contribution in [0.3, 0.4) is 0 Å². The van der Waals surface area contributed by atoms with Crippen LogP contribution in [0.2, 0.25) is 10.0 Å². The Kier molecular flexibility index (Phi) is 10.1. The van der Waals surface area contributed by atoms with Gasteiger partial charge in [0.15, 0.2) is 0 Å².